The van der Waals surface area contributed by atoms with Gasteiger partial charge in [0.05, 0.1) is 13.5 Å². The molecule has 0 spiro atoms. The molecule has 0 bridgehead atoms. The number of rotatable bonds is 10. The van der Waals surface area contributed by atoms with Crippen LogP contribution >= 0.6 is 34.9 Å². The monoisotopic (exact) mass is 581 g/mol. The summed E-state index contributed by atoms with van der Waals surface area (Å²) in [6, 6.07) is 17.8. The van der Waals surface area contributed by atoms with Crippen LogP contribution in [-0.2, 0) is 32.1 Å². The average Bonchev–Trinajstić information content (AvgIpc) is 3.47. The zero-order valence-electron chi connectivity index (χ0n) is 21.1. The van der Waals surface area contributed by atoms with E-state index in [0.29, 0.717) is 22.9 Å². The first-order valence-corrected chi connectivity index (χ1v) is 15.1. The second-order valence-corrected chi connectivity index (χ2v) is 12.1. The zero-order valence-corrected chi connectivity index (χ0v) is 23.6. The topological polar surface area (TPSA) is 111 Å². The summed E-state index contributed by atoms with van der Waals surface area (Å²) in [6.45, 7) is 0.0610. The molecule has 39 heavy (non-hydrogen) atoms. The standard InChI is InChI=1S/C28H27N3O5S3/c1-35-20-8-4-17(5-9-20)14-36-28(34)25-18(15-38-21-10-6-19(29)7-11-21)16-39-27-24(26(33)31(25)27)30-23(32)13-22-3-2-12-37-22/h2-12,24,27H,13-16,29H2,1H3,(H,30,32)/t24-,27-/m1/s1. The molecule has 0 unspecified atom stereocenters. The molecule has 3 aromatic rings. The van der Waals surface area contributed by atoms with Crippen LogP contribution in [0, 0.1) is 0 Å². The summed E-state index contributed by atoms with van der Waals surface area (Å²) in [7, 11) is 1.59. The van der Waals surface area contributed by atoms with Gasteiger partial charge in [-0.25, -0.2) is 4.79 Å². The molecule has 2 aliphatic heterocycles. The number of nitrogens with two attached hydrogens (primary N) is 1. The molecule has 2 aliphatic rings. The zero-order chi connectivity index (χ0) is 27.4. The van der Waals surface area contributed by atoms with E-state index in [1.165, 1.54) is 16.2 Å². The molecule has 1 aromatic heterocycles. The minimum absolute atomic E-state index is 0.0610. The molecular formula is C28H27N3O5S3. The molecule has 1 fully saturated rings. The summed E-state index contributed by atoms with van der Waals surface area (Å²) in [5, 5.41) is 4.41. The molecule has 202 valence electrons. The highest BCUT2D eigenvalue weighted by Crippen LogP contribution is 2.42. The summed E-state index contributed by atoms with van der Waals surface area (Å²) in [5.74, 6) is 0.684. The predicted molar refractivity (Wildman–Crippen MR) is 154 cm³/mol. The van der Waals surface area contributed by atoms with Gasteiger partial charge in [0.25, 0.3) is 5.91 Å². The Balaban J connectivity index is 1.31. The van der Waals surface area contributed by atoms with Crippen molar-refractivity contribution in [3.05, 3.63) is 87.8 Å². The molecule has 8 nitrogen and oxygen atoms in total. The SMILES string of the molecule is COc1ccc(COC(=O)C2=C(CSc3ccc(N)cc3)CS[C@@H]3[C@H](NC(=O)Cc4cccs4)C(=O)N23)cc1. The second-order valence-electron chi connectivity index (χ2n) is 8.95. The quantitative estimate of drug-likeness (QED) is 0.160. The van der Waals surface area contributed by atoms with Crippen LogP contribution in [0.15, 0.2) is 82.2 Å². The lowest BCUT2D eigenvalue weighted by atomic mass is 10.0. The van der Waals surface area contributed by atoms with Crippen molar-refractivity contribution < 1.29 is 23.9 Å². The number of hydrogen-bond donors (Lipinski definition) is 2. The summed E-state index contributed by atoms with van der Waals surface area (Å²) in [6.07, 6.45) is 0.217. The number of β-lactam (4-membered cyclic amide) rings is 1. The fourth-order valence-electron chi connectivity index (χ4n) is 4.25. The summed E-state index contributed by atoms with van der Waals surface area (Å²) in [5.41, 5.74) is 8.36. The molecule has 2 amide bonds. The smallest absolute Gasteiger partial charge is 0.355 e. The molecule has 0 aliphatic carbocycles. The number of nitrogens with zero attached hydrogens (tertiary/aromatic N) is 1. The van der Waals surface area contributed by atoms with E-state index in [4.69, 9.17) is 15.2 Å². The number of thiophene rings is 1. The van der Waals surface area contributed by atoms with Crippen LogP contribution in [0.3, 0.4) is 0 Å². The van der Waals surface area contributed by atoms with E-state index in [1.54, 1.807) is 42.8 Å². The van der Waals surface area contributed by atoms with Gasteiger partial charge >= 0.3 is 5.97 Å². The number of nitrogen functional groups attached to an aromatic ring is 1. The number of fused-ring (bicyclic) bond motifs is 1. The molecule has 2 aromatic carbocycles. The van der Waals surface area contributed by atoms with Crippen LogP contribution in [0.1, 0.15) is 10.4 Å². The average molecular weight is 582 g/mol. The number of esters is 1. The van der Waals surface area contributed by atoms with Crippen LogP contribution in [0.2, 0.25) is 0 Å². The van der Waals surface area contributed by atoms with E-state index < -0.39 is 12.0 Å². The van der Waals surface area contributed by atoms with Crippen molar-refractivity contribution in [3.63, 3.8) is 0 Å². The fraction of sp³-hybridized carbons (Fsp3) is 0.250. The number of carbonyl (C=O) groups excluding carboxylic acids is 3. The van der Waals surface area contributed by atoms with Gasteiger partial charge in [0.1, 0.15) is 29.5 Å². The number of carbonyl (C=O) groups is 3. The van der Waals surface area contributed by atoms with Gasteiger partial charge in [0.2, 0.25) is 5.91 Å². The largest absolute Gasteiger partial charge is 0.497 e. The lowest BCUT2D eigenvalue weighted by Crippen LogP contribution is -2.70. The minimum atomic E-state index is -0.682. The predicted octanol–water partition coefficient (Wildman–Crippen LogP) is 4.07. The Labute approximate surface area is 238 Å². The van der Waals surface area contributed by atoms with Gasteiger partial charge in [-0.1, -0.05) is 18.2 Å². The molecular weight excluding hydrogens is 555 g/mol. The Bertz CT molecular complexity index is 1370. The molecule has 0 radical (unpaired) electrons. The van der Waals surface area contributed by atoms with Crippen molar-refractivity contribution in [2.45, 2.75) is 29.3 Å². The van der Waals surface area contributed by atoms with Gasteiger partial charge < -0.3 is 20.5 Å². The number of hydrogen-bond acceptors (Lipinski definition) is 9. The maximum absolute atomic E-state index is 13.4. The normalized spacial score (nSPS) is 18.3. The lowest BCUT2D eigenvalue weighted by Gasteiger charge is -2.49. The molecule has 1 saturated heterocycles. The number of benzene rings is 2. The number of amides is 2. The highest BCUT2D eigenvalue weighted by molar-refractivity contribution is 8.01. The van der Waals surface area contributed by atoms with Crippen LogP contribution < -0.4 is 15.8 Å². The van der Waals surface area contributed by atoms with Crippen molar-refractivity contribution in [1.29, 1.82) is 0 Å². The molecule has 2 atom stereocenters. The van der Waals surface area contributed by atoms with Crippen LogP contribution in [0.4, 0.5) is 5.69 Å². The number of ether oxygens (including phenoxy) is 2. The lowest BCUT2D eigenvalue weighted by molar-refractivity contribution is -0.153. The maximum atomic E-state index is 13.4. The van der Waals surface area contributed by atoms with E-state index >= 15 is 0 Å². The van der Waals surface area contributed by atoms with Crippen LogP contribution in [-0.4, -0.2) is 52.7 Å². The first kappa shape index (κ1) is 27.2. The van der Waals surface area contributed by atoms with Crippen molar-refractivity contribution in [2.75, 3.05) is 24.3 Å². The number of thioether (sulfide) groups is 2. The van der Waals surface area contributed by atoms with Gasteiger partial charge in [0.15, 0.2) is 0 Å². The van der Waals surface area contributed by atoms with Crippen molar-refractivity contribution in [3.8, 4) is 5.75 Å². The van der Waals surface area contributed by atoms with Gasteiger partial charge in [-0.3, -0.25) is 14.5 Å². The fourth-order valence-corrected chi connectivity index (χ4v) is 7.34. The number of methoxy groups -OCH3 is 1. The molecule has 11 heteroatoms. The van der Waals surface area contributed by atoms with Gasteiger partial charge in [-0.2, -0.15) is 0 Å². The Hall–Kier alpha value is -3.41. The third-order valence-corrected chi connectivity index (χ3v) is 9.61. The first-order valence-electron chi connectivity index (χ1n) is 12.2. The Morgan fingerprint density at radius 2 is 1.90 bits per heavy atom. The van der Waals surface area contributed by atoms with Crippen LogP contribution in [0.25, 0.3) is 0 Å². The second kappa shape index (κ2) is 12.2. The third-order valence-electron chi connectivity index (χ3n) is 6.29. The first-order chi connectivity index (χ1) is 18.9. The van der Waals surface area contributed by atoms with E-state index in [9.17, 15) is 14.4 Å². The summed E-state index contributed by atoms with van der Waals surface area (Å²) < 4.78 is 10.9. The van der Waals surface area contributed by atoms with Crippen molar-refractivity contribution >= 4 is 58.3 Å². The molecule has 5 rings (SSSR count). The van der Waals surface area contributed by atoms with E-state index in [0.717, 1.165) is 20.9 Å². The van der Waals surface area contributed by atoms with Gasteiger partial charge in [0, 0.05) is 27.0 Å². The Kier molecular flexibility index (Phi) is 8.49. The summed E-state index contributed by atoms with van der Waals surface area (Å²) in [4.78, 5) is 42.7. The highest BCUT2D eigenvalue weighted by Gasteiger charge is 2.54. The number of nitrogens with one attached hydrogen (secondary N) is 1. The molecule has 3 N–H and O–H groups in total. The van der Waals surface area contributed by atoms with Crippen molar-refractivity contribution in [1.82, 2.24) is 10.2 Å². The Morgan fingerprint density at radius 1 is 1.13 bits per heavy atom. The Morgan fingerprint density at radius 3 is 2.59 bits per heavy atom. The molecule has 0 saturated carbocycles. The third kappa shape index (κ3) is 6.26. The van der Waals surface area contributed by atoms with E-state index in [2.05, 4.69) is 5.32 Å². The van der Waals surface area contributed by atoms with Crippen molar-refractivity contribution in [2.24, 2.45) is 0 Å². The number of anilines is 1. The minimum Gasteiger partial charge on any atom is -0.497 e. The van der Waals surface area contributed by atoms with Crippen LogP contribution in [0.5, 0.6) is 5.75 Å². The van der Waals surface area contributed by atoms with E-state index in [1.807, 2.05) is 53.9 Å². The van der Waals surface area contributed by atoms with Gasteiger partial charge in [-0.15, -0.1) is 34.9 Å². The highest BCUT2D eigenvalue weighted by atomic mass is 32.2. The van der Waals surface area contributed by atoms with Gasteiger partial charge in [-0.05, 0) is 59.0 Å². The van der Waals surface area contributed by atoms with E-state index in [-0.39, 0.29) is 35.9 Å². The maximum Gasteiger partial charge on any atom is 0.355 e. The summed E-state index contributed by atoms with van der Waals surface area (Å²) >= 11 is 4.60. The molecule has 3 heterocycles.